The Bertz CT molecular complexity index is 711. The predicted octanol–water partition coefficient (Wildman–Crippen LogP) is 2.00. The molecule has 2 aromatic rings. The maximum atomic E-state index is 12.5. The summed E-state index contributed by atoms with van der Waals surface area (Å²) in [4.78, 5) is 14.1. The van der Waals surface area contributed by atoms with Crippen molar-refractivity contribution in [1.82, 2.24) is 4.90 Å². The van der Waals surface area contributed by atoms with Crippen LogP contribution in [0.2, 0.25) is 0 Å². The second-order valence-electron chi connectivity index (χ2n) is 5.13. The Morgan fingerprint density at radius 1 is 0.952 bits per heavy atom. The molecule has 5 heteroatoms. The number of phenolic OH excluding ortho intramolecular Hbond substituents is 3. The minimum Gasteiger partial charge on any atom is -0.508 e. The van der Waals surface area contributed by atoms with Crippen molar-refractivity contribution in [3.8, 4) is 17.2 Å². The number of fused-ring (bicyclic) bond motifs is 1. The molecule has 0 unspecified atom stereocenters. The molecule has 0 atom stereocenters. The molecular weight excluding hydrogens is 270 g/mol. The van der Waals surface area contributed by atoms with E-state index in [1.54, 1.807) is 17.0 Å². The molecule has 0 radical (unpaired) electrons. The monoisotopic (exact) mass is 285 g/mol. The van der Waals surface area contributed by atoms with Crippen molar-refractivity contribution in [3.63, 3.8) is 0 Å². The molecule has 108 valence electrons. The highest BCUT2D eigenvalue weighted by atomic mass is 16.3. The molecule has 1 aliphatic rings. The van der Waals surface area contributed by atoms with E-state index >= 15 is 0 Å². The minimum atomic E-state index is -0.336. The van der Waals surface area contributed by atoms with Crippen LogP contribution in [0.3, 0.4) is 0 Å². The molecule has 0 spiro atoms. The van der Waals surface area contributed by atoms with E-state index in [2.05, 4.69) is 0 Å². The zero-order valence-corrected chi connectivity index (χ0v) is 11.3. The average Bonchev–Trinajstić information content (AvgIpc) is 2.48. The summed E-state index contributed by atoms with van der Waals surface area (Å²) in [7, 11) is 0. The first-order valence-corrected chi connectivity index (χ1v) is 6.66. The molecule has 2 aromatic carbocycles. The molecular formula is C16H15NO4. The van der Waals surface area contributed by atoms with Crippen LogP contribution in [-0.2, 0) is 13.0 Å². The SMILES string of the molecule is O=C(c1cc(O)ccc1O)N1CCc2ccc(O)cc2C1. The number of nitrogens with zero attached hydrogens (tertiary/aromatic N) is 1. The molecule has 1 aliphatic heterocycles. The summed E-state index contributed by atoms with van der Waals surface area (Å²) in [5.74, 6) is -0.383. The lowest BCUT2D eigenvalue weighted by molar-refractivity contribution is 0.0731. The summed E-state index contributed by atoms with van der Waals surface area (Å²) in [6.07, 6.45) is 0.695. The highest BCUT2D eigenvalue weighted by Crippen LogP contribution is 2.27. The Morgan fingerprint density at radius 3 is 2.48 bits per heavy atom. The van der Waals surface area contributed by atoms with Gasteiger partial charge in [0.25, 0.3) is 5.91 Å². The van der Waals surface area contributed by atoms with Crippen LogP contribution >= 0.6 is 0 Å². The molecule has 3 N–H and O–H groups in total. The van der Waals surface area contributed by atoms with Crippen LogP contribution in [0.5, 0.6) is 17.2 Å². The molecule has 0 aliphatic carbocycles. The van der Waals surface area contributed by atoms with Crippen LogP contribution in [0, 0.1) is 0 Å². The summed E-state index contributed by atoms with van der Waals surface area (Å²) in [6, 6.07) is 9.03. The van der Waals surface area contributed by atoms with Gasteiger partial charge in [-0.1, -0.05) is 6.07 Å². The largest absolute Gasteiger partial charge is 0.508 e. The van der Waals surface area contributed by atoms with Gasteiger partial charge in [-0.3, -0.25) is 4.79 Å². The van der Waals surface area contributed by atoms with Gasteiger partial charge in [-0.05, 0) is 47.9 Å². The maximum absolute atomic E-state index is 12.5. The van der Waals surface area contributed by atoms with Crippen LogP contribution in [-0.4, -0.2) is 32.7 Å². The number of amides is 1. The quantitative estimate of drug-likeness (QED) is 0.700. The van der Waals surface area contributed by atoms with Crippen LogP contribution in [0.15, 0.2) is 36.4 Å². The van der Waals surface area contributed by atoms with Crippen molar-refractivity contribution >= 4 is 5.91 Å². The second kappa shape index (κ2) is 5.01. The van der Waals surface area contributed by atoms with Crippen molar-refractivity contribution in [3.05, 3.63) is 53.1 Å². The first-order chi connectivity index (χ1) is 10.0. The zero-order valence-electron chi connectivity index (χ0n) is 11.3. The van der Waals surface area contributed by atoms with Gasteiger partial charge in [-0.15, -0.1) is 0 Å². The number of hydrogen-bond acceptors (Lipinski definition) is 4. The van der Waals surface area contributed by atoms with Gasteiger partial charge in [0.15, 0.2) is 0 Å². The smallest absolute Gasteiger partial charge is 0.258 e. The Balaban J connectivity index is 1.88. The third kappa shape index (κ3) is 2.50. The first kappa shape index (κ1) is 13.3. The molecule has 0 fully saturated rings. The number of hydrogen-bond donors (Lipinski definition) is 3. The van der Waals surface area contributed by atoms with E-state index in [1.165, 1.54) is 18.2 Å². The van der Waals surface area contributed by atoms with Gasteiger partial charge in [0.1, 0.15) is 17.2 Å². The fourth-order valence-electron chi connectivity index (χ4n) is 2.58. The summed E-state index contributed by atoms with van der Waals surface area (Å²) in [5.41, 5.74) is 2.09. The van der Waals surface area contributed by atoms with Crippen LogP contribution < -0.4 is 0 Å². The van der Waals surface area contributed by atoms with Crippen molar-refractivity contribution < 1.29 is 20.1 Å². The summed E-state index contributed by atoms with van der Waals surface area (Å²) in [6.45, 7) is 0.906. The van der Waals surface area contributed by atoms with Gasteiger partial charge in [-0.2, -0.15) is 0 Å². The molecule has 0 saturated heterocycles. The Kier molecular flexibility index (Phi) is 3.17. The molecule has 3 rings (SSSR count). The molecule has 21 heavy (non-hydrogen) atoms. The van der Waals surface area contributed by atoms with Gasteiger partial charge in [0, 0.05) is 13.1 Å². The van der Waals surface area contributed by atoms with Gasteiger partial charge >= 0.3 is 0 Å². The molecule has 0 saturated carbocycles. The second-order valence-corrected chi connectivity index (χ2v) is 5.13. The van der Waals surface area contributed by atoms with E-state index in [0.717, 1.165) is 11.1 Å². The van der Waals surface area contributed by atoms with Crippen molar-refractivity contribution in [2.75, 3.05) is 6.54 Å². The maximum Gasteiger partial charge on any atom is 0.258 e. The van der Waals surface area contributed by atoms with E-state index < -0.39 is 0 Å². The number of rotatable bonds is 1. The van der Waals surface area contributed by atoms with Crippen molar-refractivity contribution in [2.24, 2.45) is 0 Å². The molecule has 0 aromatic heterocycles. The zero-order chi connectivity index (χ0) is 15.0. The van der Waals surface area contributed by atoms with E-state index in [0.29, 0.717) is 19.5 Å². The van der Waals surface area contributed by atoms with Gasteiger partial charge < -0.3 is 20.2 Å². The fraction of sp³-hybridized carbons (Fsp3) is 0.188. The molecule has 1 amide bonds. The van der Waals surface area contributed by atoms with E-state index in [-0.39, 0.29) is 28.7 Å². The number of carbonyl (C=O) groups is 1. The third-order valence-electron chi connectivity index (χ3n) is 3.70. The highest BCUT2D eigenvalue weighted by Gasteiger charge is 2.24. The topological polar surface area (TPSA) is 81.0 Å². The number of carbonyl (C=O) groups excluding carboxylic acids is 1. The first-order valence-electron chi connectivity index (χ1n) is 6.66. The number of benzene rings is 2. The van der Waals surface area contributed by atoms with Crippen LogP contribution in [0.4, 0.5) is 0 Å². The van der Waals surface area contributed by atoms with E-state index in [9.17, 15) is 20.1 Å². The van der Waals surface area contributed by atoms with Crippen LogP contribution in [0.1, 0.15) is 21.5 Å². The lowest BCUT2D eigenvalue weighted by atomic mass is 9.98. The standard InChI is InChI=1S/C16H15NO4/c18-12-2-1-10-5-6-17(9-11(10)7-12)16(21)14-8-13(19)3-4-15(14)20/h1-4,7-8,18-20H,5-6,9H2. The Labute approximate surface area is 121 Å². The van der Waals surface area contributed by atoms with Crippen LogP contribution in [0.25, 0.3) is 0 Å². The molecule has 1 heterocycles. The molecule has 0 bridgehead atoms. The Hall–Kier alpha value is -2.69. The molecule has 5 nitrogen and oxygen atoms in total. The van der Waals surface area contributed by atoms with Gasteiger partial charge in [-0.25, -0.2) is 0 Å². The number of aromatic hydroxyl groups is 3. The highest BCUT2D eigenvalue weighted by molar-refractivity contribution is 5.97. The lowest BCUT2D eigenvalue weighted by Crippen LogP contribution is -2.35. The predicted molar refractivity (Wildman–Crippen MR) is 76.3 cm³/mol. The summed E-state index contributed by atoms with van der Waals surface area (Å²) >= 11 is 0. The average molecular weight is 285 g/mol. The third-order valence-corrected chi connectivity index (χ3v) is 3.70. The van der Waals surface area contributed by atoms with Crippen molar-refractivity contribution in [1.29, 1.82) is 0 Å². The number of phenols is 3. The van der Waals surface area contributed by atoms with Gasteiger partial charge in [0.2, 0.25) is 0 Å². The minimum absolute atomic E-state index is 0.0637. The summed E-state index contributed by atoms with van der Waals surface area (Å²) in [5, 5.41) is 28.8. The lowest BCUT2D eigenvalue weighted by Gasteiger charge is -2.29. The Morgan fingerprint density at radius 2 is 1.67 bits per heavy atom. The van der Waals surface area contributed by atoms with Crippen molar-refractivity contribution in [2.45, 2.75) is 13.0 Å². The fourth-order valence-corrected chi connectivity index (χ4v) is 2.58. The van der Waals surface area contributed by atoms with Gasteiger partial charge in [0.05, 0.1) is 5.56 Å². The van der Waals surface area contributed by atoms with E-state index in [4.69, 9.17) is 0 Å². The van der Waals surface area contributed by atoms with E-state index in [1.807, 2.05) is 6.07 Å². The summed E-state index contributed by atoms with van der Waals surface area (Å²) < 4.78 is 0. The normalized spacial score (nSPS) is 13.8.